The zero-order chi connectivity index (χ0) is 20.7. The highest BCUT2D eigenvalue weighted by molar-refractivity contribution is 6.30. The van der Waals surface area contributed by atoms with Crippen LogP contribution in [0.1, 0.15) is 77.2 Å². The molecule has 4 aliphatic rings. The summed E-state index contributed by atoms with van der Waals surface area (Å²) in [7, 11) is 0. The molecule has 5 rings (SSSR count). The molecule has 1 aromatic carbocycles. The second kappa shape index (κ2) is 6.45. The molecule has 4 aliphatic carbocycles. The summed E-state index contributed by atoms with van der Waals surface area (Å²) in [5.74, 6) is 1.29. The van der Waals surface area contributed by atoms with Crippen molar-refractivity contribution in [1.29, 1.82) is 0 Å². The van der Waals surface area contributed by atoms with Crippen LogP contribution in [0.2, 0.25) is 5.02 Å². The maximum Gasteiger partial charge on any atom is 0.0978 e. The van der Waals surface area contributed by atoms with E-state index in [9.17, 15) is 15.3 Å². The molecule has 0 radical (unpaired) electrons. The molecule has 4 heteroatoms. The number of rotatable bonds is 1. The van der Waals surface area contributed by atoms with Crippen LogP contribution in [0.4, 0.5) is 0 Å². The topological polar surface area (TPSA) is 60.7 Å². The van der Waals surface area contributed by atoms with Crippen molar-refractivity contribution in [3.63, 3.8) is 0 Å². The Kier molecular flexibility index (Phi) is 4.51. The first-order valence-electron chi connectivity index (χ1n) is 11.5. The van der Waals surface area contributed by atoms with E-state index < -0.39 is 16.6 Å². The molecular formula is C25H35ClO3. The molecule has 0 amide bonds. The van der Waals surface area contributed by atoms with Gasteiger partial charge in [0.05, 0.1) is 17.3 Å². The van der Waals surface area contributed by atoms with Gasteiger partial charge in [-0.1, -0.05) is 37.6 Å². The Morgan fingerprint density at radius 3 is 2.31 bits per heavy atom. The van der Waals surface area contributed by atoms with Crippen molar-refractivity contribution in [3.8, 4) is 0 Å². The van der Waals surface area contributed by atoms with Crippen LogP contribution in [0.15, 0.2) is 24.3 Å². The number of aliphatic hydroxyl groups excluding tert-OH is 1. The fourth-order valence-electron chi connectivity index (χ4n) is 8.41. The summed E-state index contributed by atoms with van der Waals surface area (Å²) in [4.78, 5) is 0. The van der Waals surface area contributed by atoms with Crippen molar-refractivity contribution in [2.75, 3.05) is 0 Å². The number of aliphatic hydroxyl groups is 3. The Balaban J connectivity index is 1.52. The molecular weight excluding hydrogens is 384 g/mol. The quantitative estimate of drug-likeness (QED) is 0.598. The number of hydrogen-bond acceptors (Lipinski definition) is 3. The molecule has 3 nitrogen and oxygen atoms in total. The molecule has 8 atom stereocenters. The van der Waals surface area contributed by atoms with Crippen molar-refractivity contribution in [3.05, 3.63) is 34.9 Å². The van der Waals surface area contributed by atoms with E-state index in [0.717, 1.165) is 50.5 Å². The van der Waals surface area contributed by atoms with E-state index in [-0.39, 0.29) is 17.4 Å². The molecule has 0 bridgehead atoms. The summed E-state index contributed by atoms with van der Waals surface area (Å²) < 4.78 is 0. The zero-order valence-corrected chi connectivity index (χ0v) is 18.5. The van der Waals surface area contributed by atoms with Gasteiger partial charge >= 0.3 is 0 Å². The molecule has 0 saturated heterocycles. The van der Waals surface area contributed by atoms with Gasteiger partial charge in [0.1, 0.15) is 0 Å². The first-order valence-corrected chi connectivity index (χ1v) is 11.9. The fourth-order valence-corrected chi connectivity index (χ4v) is 8.53. The van der Waals surface area contributed by atoms with E-state index in [1.807, 2.05) is 24.3 Å². The highest BCUT2D eigenvalue weighted by Crippen LogP contribution is 2.71. The van der Waals surface area contributed by atoms with Crippen LogP contribution in [0.25, 0.3) is 0 Å². The molecule has 0 unspecified atom stereocenters. The van der Waals surface area contributed by atoms with Crippen molar-refractivity contribution in [2.24, 2.45) is 28.6 Å². The molecule has 0 heterocycles. The summed E-state index contributed by atoms with van der Waals surface area (Å²) in [6.07, 6.45) is 7.99. The van der Waals surface area contributed by atoms with E-state index >= 15 is 0 Å². The molecule has 0 aliphatic heterocycles. The van der Waals surface area contributed by atoms with Crippen LogP contribution >= 0.6 is 11.6 Å². The summed E-state index contributed by atoms with van der Waals surface area (Å²) in [5, 5.41) is 35.1. The Morgan fingerprint density at radius 1 is 0.862 bits per heavy atom. The fraction of sp³-hybridized carbons (Fsp3) is 0.760. The van der Waals surface area contributed by atoms with Crippen LogP contribution in [0.5, 0.6) is 0 Å². The Morgan fingerprint density at radius 2 is 1.59 bits per heavy atom. The minimum Gasteiger partial charge on any atom is -0.393 e. The van der Waals surface area contributed by atoms with Gasteiger partial charge in [0.2, 0.25) is 0 Å². The molecule has 160 valence electrons. The van der Waals surface area contributed by atoms with Gasteiger partial charge in [0.15, 0.2) is 0 Å². The molecule has 4 saturated carbocycles. The summed E-state index contributed by atoms with van der Waals surface area (Å²) in [6, 6.07) is 7.57. The molecule has 29 heavy (non-hydrogen) atoms. The number of benzene rings is 1. The van der Waals surface area contributed by atoms with Crippen molar-refractivity contribution in [2.45, 2.75) is 88.9 Å². The lowest BCUT2D eigenvalue weighted by Gasteiger charge is -2.64. The second-order valence-corrected chi connectivity index (χ2v) is 11.5. The van der Waals surface area contributed by atoms with E-state index in [2.05, 4.69) is 13.8 Å². The third-order valence-corrected chi connectivity index (χ3v) is 10.5. The van der Waals surface area contributed by atoms with Crippen LogP contribution in [0.3, 0.4) is 0 Å². The Labute approximate surface area is 179 Å². The third kappa shape index (κ3) is 2.54. The minimum absolute atomic E-state index is 0.150. The largest absolute Gasteiger partial charge is 0.393 e. The van der Waals surface area contributed by atoms with Crippen LogP contribution in [-0.2, 0) is 5.60 Å². The highest BCUT2D eigenvalue weighted by Gasteiger charge is 2.71. The first-order chi connectivity index (χ1) is 13.6. The van der Waals surface area contributed by atoms with Gasteiger partial charge in [-0.3, -0.25) is 0 Å². The number of fused-ring (bicyclic) bond motifs is 5. The van der Waals surface area contributed by atoms with Gasteiger partial charge in [-0.15, -0.1) is 0 Å². The normalized spacial score (nSPS) is 51.8. The van der Waals surface area contributed by atoms with Gasteiger partial charge in [-0.2, -0.15) is 0 Å². The van der Waals surface area contributed by atoms with Gasteiger partial charge in [-0.25, -0.2) is 0 Å². The van der Waals surface area contributed by atoms with E-state index in [1.54, 1.807) is 0 Å². The minimum atomic E-state index is -1.02. The molecule has 3 N–H and O–H groups in total. The summed E-state index contributed by atoms with van der Waals surface area (Å²) in [6.45, 7) is 4.55. The lowest BCUT2D eigenvalue weighted by atomic mass is 9.43. The molecule has 0 aromatic heterocycles. The lowest BCUT2D eigenvalue weighted by molar-refractivity contribution is -0.238. The monoisotopic (exact) mass is 418 g/mol. The molecule has 1 aromatic rings. The van der Waals surface area contributed by atoms with Crippen molar-refractivity contribution < 1.29 is 15.3 Å². The third-order valence-electron chi connectivity index (χ3n) is 10.3. The Bertz CT molecular complexity index is 796. The average molecular weight is 419 g/mol. The van der Waals surface area contributed by atoms with Crippen molar-refractivity contribution >= 4 is 11.6 Å². The smallest absolute Gasteiger partial charge is 0.0978 e. The van der Waals surface area contributed by atoms with E-state index in [0.29, 0.717) is 29.7 Å². The first kappa shape index (κ1) is 20.3. The SMILES string of the molecule is C[C@]12CC[C@H](O)C[C@@H]1CC[C@@H]1[C@@H]2CC[C@]2(C)[C@@](O)(c3ccc(Cl)cc3)CC[C@]12O. The summed E-state index contributed by atoms with van der Waals surface area (Å²) in [5.41, 5.74) is -1.31. The molecule has 4 fully saturated rings. The zero-order valence-electron chi connectivity index (χ0n) is 17.7. The van der Waals surface area contributed by atoms with Crippen LogP contribution in [-0.4, -0.2) is 27.0 Å². The van der Waals surface area contributed by atoms with Crippen LogP contribution < -0.4 is 0 Å². The van der Waals surface area contributed by atoms with Gasteiger partial charge in [0, 0.05) is 10.4 Å². The molecule has 0 spiro atoms. The number of halogens is 1. The average Bonchev–Trinajstić information content (AvgIpc) is 2.91. The predicted molar refractivity (Wildman–Crippen MR) is 115 cm³/mol. The Hall–Kier alpha value is -0.610. The maximum absolute atomic E-state index is 12.2. The van der Waals surface area contributed by atoms with Gasteiger partial charge in [-0.05, 0) is 98.7 Å². The highest BCUT2D eigenvalue weighted by atomic mass is 35.5. The van der Waals surface area contributed by atoms with Crippen LogP contribution in [0, 0.1) is 28.6 Å². The summed E-state index contributed by atoms with van der Waals surface area (Å²) >= 11 is 6.10. The number of hydrogen-bond donors (Lipinski definition) is 3. The van der Waals surface area contributed by atoms with E-state index in [1.165, 1.54) is 0 Å². The predicted octanol–water partition coefficient (Wildman–Crippen LogP) is 5.05. The second-order valence-electron chi connectivity index (χ2n) is 11.1. The standard InChI is InChI=1S/C25H35ClO3/c1-22-11-9-19(27)15-17(22)5-8-21-20(22)10-12-23(2)24(28,13-14-25(21,23)29)16-3-6-18(26)7-4-16/h3-4,6-7,17,19-21,27-29H,5,8-15H2,1-2H3/t17-,19-,20-,21+,22-,23+,24-,25-/m0/s1. The van der Waals surface area contributed by atoms with Gasteiger partial charge < -0.3 is 15.3 Å². The lowest BCUT2D eigenvalue weighted by Crippen LogP contribution is -2.64. The van der Waals surface area contributed by atoms with Crippen molar-refractivity contribution in [1.82, 2.24) is 0 Å². The maximum atomic E-state index is 12.2. The van der Waals surface area contributed by atoms with E-state index in [4.69, 9.17) is 11.6 Å². The van der Waals surface area contributed by atoms with Gasteiger partial charge in [0.25, 0.3) is 0 Å².